The smallest absolute Gasteiger partial charge is 0.236 e. The molecule has 0 fully saturated rings. The Kier molecular flexibility index (Phi) is 3.04. The van der Waals surface area contributed by atoms with Crippen LogP contribution in [0.5, 0.6) is 0 Å². The van der Waals surface area contributed by atoms with Gasteiger partial charge in [0.15, 0.2) is 12.7 Å². The summed E-state index contributed by atoms with van der Waals surface area (Å²) in [6.45, 7) is 13.1. The summed E-state index contributed by atoms with van der Waals surface area (Å²) < 4.78 is 2.41. The Morgan fingerprint density at radius 1 is 1.15 bits per heavy atom. The van der Waals surface area contributed by atoms with Crippen LogP contribution in [0.3, 0.4) is 0 Å². The minimum Gasteiger partial charge on any atom is -0.373 e. The maximum absolute atomic E-state index is 3.62. The van der Waals surface area contributed by atoms with Crippen molar-refractivity contribution in [3.8, 4) is 0 Å². The Bertz CT molecular complexity index is 735. The monoisotopic (exact) mass is 267 g/mol. The van der Waals surface area contributed by atoms with Crippen molar-refractivity contribution in [2.24, 2.45) is 0 Å². The van der Waals surface area contributed by atoms with E-state index in [2.05, 4.69) is 62.8 Å². The Morgan fingerprint density at radius 2 is 1.90 bits per heavy atom. The van der Waals surface area contributed by atoms with Gasteiger partial charge in [-0.2, -0.15) is 4.57 Å². The highest BCUT2D eigenvalue weighted by molar-refractivity contribution is 5.97. The van der Waals surface area contributed by atoms with Crippen molar-refractivity contribution in [1.29, 1.82) is 0 Å². The summed E-state index contributed by atoms with van der Waals surface area (Å²) >= 11 is 0. The molecular formula is C18H23N2+. The van der Waals surface area contributed by atoms with E-state index in [-0.39, 0.29) is 0 Å². The highest BCUT2D eigenvalue weighted by atomic mass is 15.1. The van der Waals surface area contributed by atoms with E-state index in [4.69, 9.17) is 0 Å². The zero-order chi connectivity index (χ0) is 14.4. The Labute approximate surface area is 121 Å². The van der Waals surface area contributed by atoms with Crippen LogP contribution in [0.25, 0.3) is 16.5 Å². The first-order valence-corrected chi connectivity index (χ1v) is 7.35. The van der Waals surface area contributed by atoms with Crippen LogP contribution in [0.15, 0.2) is 23.9 Å². The van der Waals surface area contributed by atoms with Crippen molar-refractivity contribution in [2.45, 2.75) is 41.2 Å². The van der Waals surface area contributed by atoms with E-state index in [0.29, 0.717) is 0 Å². The Hall–Kier alpha value is -1.83. The van der Waals surface area contributed by atoms with Crippen LogP contribution < -0.4 is 9.88 Å². The number of nitrogens with zero attached hydrogens (tertiary/aromatic N) is 1. The third-order valence-corrected chi connectivity index (χ3v) is 4.62. The number of allylic oxidation sites excluding steroid dienone is 2. The predicted molar refractivity (Wildman–Crippen MR) is 86.0 cm³/mol. The number of aromatic nitrogens is 1. The molecular weight excluding hydrogens is 244 g/mol. The highest BCUT2D eigenvalue weighted by Gasteiger charge is 2.24. The first-order valence-electron chi connectivity index (χ1n) is 7.35. The minimum absolute atomic E-state index is 1.00. The second-order valence-electron chi connectivity index (χ2n) is 6.07. The summed E-state index contributed by atoms with van der Waals surface area (Å²) in [5.74, 6) is 0. The van der Waals surface area contributed by atoms with Gasteiger partial charge in [0, 0.05) is 11.1 Å². The normalized spacial score (nSPS) is 13.2. The summed E-state index contributed by atoms with van der Waals surface area (Å²) in [4.78, 5) is 0. The third kappa shape index (κ3) is 1.82. The van der Waals surface area contributed by atoms with Crippen LogP contribution in [-0.2, 0) is 6.54 Å². The van der Waals surface area contributed by atoms with Gasteiger partial charge in [-0.15, -0.1) is 0 Å². The predicted octanol–water partition coefficient (Wildman–Crippen LogP) is 3.98. The molecule has 1 aromatic heterocycles. The highest BCUT2D eigenvalue weighted by Crippen LogP contribution is 2.34. The second-order valence-corrected chi connectivity index (χ2v) is 6.07. The minimum atomic E-state index is 1.00. The summed E-state index contributed by atoms with van der Waals surface area (Å²) in [5.41, 5.74) is 9.52. The molecule has 2 heterocycles. The van der Waals surface area contributed by atoms with E-state index in [9.17, 15) is 0 Å². The zero-order valence-electron chi connectivity index (χ0n) is 13.1. The summed E-state index contributed by atoms with van der Waals surface area (Å²) in [6.07, 6.45) is 2.30. The average Bonchev–Trinajstić information content (AvgIpc) is 2.43. The fourth-order valence-electron chi connectivity index (χ4n) is 3.04. The van der Waals surface area contributed by atoms with Gasteiger partial charge in [0.2, 0.25) is 5.52 Å². The van der Waals surface area contributed by atoms with Crippen molar-refractivity contribution in [3.63, 3.8) is 0 Å². The lowest BCUT2D eigenvalue weighted by Gasteiger charge is -2.20. The molecule has 2 heteroatoms. The van der Waals surface area contributed by atoms with E-state index < -0.39 is 0 Å². The molecule has 104 valence electrons. The Morgan fingerprint density at radius 3 is 2.60 bits per heavy atom. The fraction of sp³-hybridized carbons (Fsp3) is 0.389. The molecule has 0 atom stereocenters. The van der Waals surface area contributed by atoms with Crippen LogP contribution in [0, 0.1) is 13.8 Å². The molecule has 20 heavy (non-hydrogen) atoms. The van der Waals surface area contributed by atoms with Crippen molar-refractivity contribution < 1.29 is 4.57 Å². The SMILES string of the molecule is CC(C)=C(C)c1ccc2c(C)c(C)c[n+]3c2c1NCC3. The maximum atomic E-state index is 3.62. The maximum Gasteiger partial charge on any atom is 0.236 e. The molecule has 1 aliphatic heterocycles. The summed E-state index contributed by atoms with van der Waals surface area (Å²) in [5, 5.41) is 5.00. The number of benzene rings is 1. The van der Waals surface area contributed by atoms with E-state index in [0.717, 1.165) is 13.1 Å². The van der Waals surface area contributed by atoms with Crippen LogP contribution in [0.4, 0.5) is 5.69 Å². The molecule has 0 unspecified atom stereocenters. The number of nitrogens with one attached hydrogen (secondary N) is 1. The molecule has 0 amide bonds. The molecule has 2 nitrogen and oxygen atoms in total. The lowest BCUT2D eigenvalue weighted by Crippen LogP contribution is -2.42. The topological polar surface area (TPSA) is 15.9 Å². The van der Waals surface area contributed by atoms with E-state index >= 15 is 0 Å². The second kappa shape index (κ2) is 4.62. The van der Waals surface area contributed by atoms with Gasteiger partial charge in [-0.1, -0.05) is 11.6 Å². The summed E-state index contributed by atoms with van der Waals surface area (Å²) in [7, 11) is 0. The van der Waals surface area contributed by atoms with Gasteiger partial charge in [0.05, 0.1) is 11.9 Å². The average molecular weight is 267 g/mol. The van der Waals surface area contributed by atoms with Gasteiger partial charge in [-0.3, -0.25) is 0 Å². The van der Waals surface area contributed by atoms with Crippen molar-refractivity contribution in [3.05, 3.63) is 40.6 Å². The van der Waals surface area contributed by atoms with Crippen molar-refractivity contribution >= 4 is 22.2 Å². The van der Waals surface area contributed by atoms with Gasteiger partial charge in [-0.25, -0.2) is 0 Å². The number of aryl methyl sites for hydroxylation is 2. The number of hydrogen-bond donors (Lipinski definition) is 1. The third-order valence-electron chi connectivity index (χ3n) is 4.62. The Balaban J connectivity index is 2.43. The van der Waals surface area contributed by atoms with E-state index in [1.165, 1.54) is 44.4 Å². The first-order chi connectivity index (χ1) is 9.50. The molecule has 1 N–H and O–H groups in total. The quantitative estimate of drug-likeness (QED) is 0.773. The van der Waals surface area contributed by atoms with Crippen LogP contribution >= 0.6 is 0 Å². The molecule has 0 bridgehead atoms. The lowest BCUT2D eigenvalue weighted by molar-refractivity contribution is -0.669. The molecule has 3 rings (SSSR count). The van der Waals surface area contributed by atoms with Crippen LogP contribution in [-0.4, -0.2) is 6.54 Å². The standard InChI is InChI=1S/C18H23N2/c1-11(2)13(4)15-6-7-16-14(5)12(3)10-20-9-8-19-17(15)18(16)20/h6-7,10,19H,8-9H2,1-5H3/q+1. The lowest BCUT2D eigenvalue weighted by atomic mass is 9.95. The molecule has 0 saturated carbocycles. The number of rotatable bonds is 1. The van der Waals surface area contributed by atoms with Gasteiger partial charge < -0.3 is 5.32 Å². The molecule has 1 aliphatic rings. The molecule has 0 aliphatic carbocycles. The molecule has 0 spiro atoms. The number of anilines is 1. The van der Waals surface area contributed by atoms with Gasteiger partial charge in [0.1, 0.15) is 5.69 Å². The number of pyridine rings is 1. The van der Waals surface area contributed by atoms with E-state index in [1.807, 2.05) is 0 Å². The van der Waals surface area contributed by atoms with Crippen molar-refractivity contribution in [1.82, 2.24) is 0 Å². The van der Waals surface area contributed by atoms with E-state index in [1.54, 1.807) is 0 Å². The fourth-order valence-corrected chi connectivity index (χ4v) is 3.04. The molecule has 0 saturated heterocycles. The van der Waals surface area contributed by atoms with Gasteiger partial charge in [0.25, 0.3) is 0 Å². The van der Waals surface area contributed by atoms with Crippen LogP contribution in [0.1, 0.15) is 37.5 Å². The first kappa shape index (κ1) is 13.2. The summed E-state index contributed by atoms with van der Waals surface area (Å²) in [6, 6.07) is 4.56. The molecule has 2 aromatic rings. The van der Waals surface area contributed by atoms with Gasteiger partial charge in [-0.05, 0) is 51.8 Å². The van der Waals surface area contributed by atoms with Gasteiger partial charge >= 0.3 is 0 Å². The van der Waals surface area contributed by atoms with Crippen molar-refractivity contribution in [2.75, 3.05) is 11.9 Å². The molecule has 0 radical (unpaired) electrons. The zero-order valence-corrected chi connectivity index (χ0v) is 13.1. The van der Waals surface area contributed by atoms with Crippen LogP contribution in [0.2, 0.25) is 0 Å². The molecule has 1 aromatic carbocycles. The number of hydrogen-bond acceptors (Lipinski definition) is 1. The largest absolute Gasteiger partial charge is 0.373 e.